The van der Waals surface area contributed by atoms with Gasteiger partial charge in [-0.05, 0) is 36.4 Å². The molecule has 1 aromatic carbocycles. The lowest BCUT2D eigenvalue weighted by atomic mass is 9.99. The molecular weight excluding hydrogens is 344 g/mol. The first-order valence-corrected chi connectivity index (χ1v) is 9.98. The normalized spacial score (nSPS) is 24.8. The van der Waals surface area contributed by atoms with Crippen LogP contribution in [0, 0.1) is 0 Å². The third-order valence-electron chi connectivity index (χ3n) is 5.49. The highest BCUT2D eigenvalue weighted by Gasteiger charge is 2.44. The highest BCUT2D eigenvalue weighted by atomic mass is 32.1. The van der Waals surface area contributed by atoms with E-state index < -0.39 is 0 Å². The van der Waals surface area contributed by atoms with Crippen molar-refractivity contribution in [1.29, 1.82) is 0 Å². The van der Waals surface area contributed by atoms with Gasteiger partial charge in [-0.25, -0.2) is 4.98 Å². The Balaban J connectivity index is 1.34. The lowest BCUT2D eigenvalue weighted by Gasteiger charge is -2.38. The van der Waals surface area contributed by atoms with Crippen molar-refractivity contribution >= 4 is 27.3 Å². The summed E-state index contributed by atoms with van der Waals surface area (Å²) in [6.07, 6.45) is 5.83. The van der Waals surface area contributed by atoms with E-state index in [2.05, 4.69) is 22.0 Å². The molecule has 2 fully saturated rings. The SMILES string of the molecule is O=C(c1cc2ccccc2s1)N1[C@H]2CC[C@H]1CC(Oc1ccccn1)C2. The third-order valence-corrected chi connectivity index (χ3v) is 6.59. The molecule has 5 rings (SSSR count). The molecule has 0 N–H and O–H groups in total. The number of carbonyl (C=O) groups excluding carboxylic acids is 1. The molecule has 0 radical (unpaired) electrons. The molecule has 3 aromatic rings. The summed E-state index contributed by atoms with van der Waals surface area (Å²) in [4.78, 5) is 20.4. The average Bonchev–Trinajstić information content (AvgIpc) is 3.21. The minimum Gasteiger partial charge on any atom is -0.474 e. The highest BCUT2D eigenvalue weighted by molar-refractivity contribution is 7.20. The maximum atomic E-state index is 13.2. The zero-order chi connectivity index (χ0) is 17.5. The summed E-state index contributed by atoms with van der Waals surface area (Å²) in [6, 6.07) is 16.5. The molecule has 2 aromatic heterocycles. The number of hydrogen-bond acceptors (Lipinski definition) is 4. The number of benzene rings is 1. The Morgan fingerprint density at radius 1 is 1.08 bits per heavy atom. The Bertz CT molecular complexity index is 892. The fraction of sp³-hybridized carbons (Fsp3) is 0.333. The molecule has 0 saturated carbocycles. The van der Waals surface area contributed by atoms with Crippen molar-refractivity contribution < 1.29 is 9.53 Å². The summed E-state index contributed by atoms with van der Waals surface area (Å²) in [5, 5.41) is 1.15. The van der Waals surface area contributed by atoms with E-state index in [9.17, 15) is 4.79 Å². The number of aromatic nitrogens is 1. The number of rotatable bonds is 3. The van der Waals surface area contributed by atoms with Crippen LogP contribution in [0.3, 0.4) is 0 Å². The molecular formula is C21H20N2O2S. The molecule has 26 heavy (non-hydrogen) atoms. The molecule has 2 atom stereocenters. The van der Waals surface area contributed by atoms with Gasteiger partial charge in [0.15, 0.2) is 0 Å². The minimum absolute atomic E-state index is 0.147. The second-order valence-electron chi connectivity index (χ2n) is 7.13. The number of thiophene rings is 1. The van der Waals surface area contributed by atoms with Gasteiger partial charge < -0.3 is 9.64 Å². The quantitative estimate of drug-likeness (QED) is 0.687. The zero-order valence-corrected chi connectivity index (χ0v) is 15.2. The topological polar surface area (TPSA) is 42.4 Å². The van der Waals surface area contributed by atoms with Crippen LogP contribution in [0.5, 0.6) is 5.88 Å². The molecule has 0 unspecified atom stereocenters. The molecule has 4 heterocycles. The second kappa shape index (κ2) is 6.40. The van der Waals surface area contributed by atoms with Crippen LogP contribution in [-0.4, -0.2) is 34.0 Å². The number of fused-ring (bicyclic) bond motifs is 3. The van der Waals surface area contributed by atoms with Gasteiger partial charge in [0.05, 0.1) is 4.88 Å². The first-order valence-electron chi connectivity index (χ1n) is 9.17. The van der Waals surface area contributed by atoms with Gasteiger partial charge in [-0.15, -0.1) is 11.3 Å². The molecule has 1 amide bonds. The number of amides is 1. The summed E-state index contributed by atoms with van der Waals surface area (Å²) >= 11 is 1.60. The van der Waals surface area contributed by atoms with Gasteiger partial charge in [0, 0.05) is 41.9 Å². The first-order chi connectivity index (χ1) is 12.8. The van der Waals surface area contributed by atoms with Crippen LogP contribution < -0.4 is 4.74 Å². The van der Waals surface area contributed by atoms with Crippen LogP contribution in [0.1, 0.15) is 35.4 Å². The Labute approximate surface area is 156 Å². The summed E-state index contributed by atoms with van der Waals surface area (Å²) in [7, 11) is 0. The van der Waals surface area contributed by atoms with E-state index in [1.165, 1.54) is 4.70 Å². The Morgan fingerprint density at radius 2 is 1.85 bits per heavy atom. The van der Waals surface area contributed by atoms with Gasteiger partial charge in [-0.2, -0.15) is 0 Å². The van der Waals surface area contributed by atoms with Crippen molar-refractivity contribution in [2.24, 2.45) is 0 Å². The van der Waals surface area contributed by atoms with Crippen molar-refractivity contribution in [2.45, 2.75) is 43.9 Å². The number of ether oxygens (including phenoxy) is 1. The van der Waals surface area contributed by atoms with Crippen LogP contribution in [0.25, 0.3) is 10.1 Å². The summed E-state index contributed by atoms with van der Waals surface area (Å²) in [5.74, 6) is 0.871. The molecule has 4 nitrogen and oxygen atoms in total. The second-order valence-corrected chi connectivity index (χ2v) is 8.21. The van der Waals surface area contributed by atoms with E-state index in [0.29, 0.717) is 5.88 Å². The van der Waals surface area contributed by atoms with Crippen LogP contribution in [-0.2, 0) is 0 Å². The first kappa shape index (κ1) is 15.8. The van der Waals surface area contributed by atoms with Gasteiger partial charge in [0.2, 0.25) is 5.88 Å². The number of pyridine rings is 1. The van der Waals surface area contributed by atoms with E-state index >= 15 is 0 Å². The van der Waals surface area contributed by atoms with E-state index in [1.54, 1.807) is 17.5 Å². The van der Waals surface area contributed by atoms with Crippen molar-refractivity contribution in [3.63, 3.8) is 0 Å². The lowest BCUT2D eigenvalue weighted by Crippen LogP contribution is -2.49. The van der Waals surface area contributed by atoms with E-state index in [0.717, 1.165) is 35.9 Å². The van der Waals surface area contributed by atoms with Crippen LogP contribution in [0.15, 0.2) is 54.7 Å². The van der Waals surface area contributed by atoms with Crippen molar-refractivity contribution in [2.75, 3.05) is 0 Å². The Kier molecular flexibility index (Phi) is 3.89. The van der Waals surface area contributed by atoms with Crippen molar-refractivity contribution in [3.05, 3.63) is 59.6 Å². The summed E-state index contributed by atoms with van der Waals surface area (Å²) in [5.41, 5.74) is 0. The molecule has 0 spiro atoms. The molecule has 5 heteroatoms. The standard InChI is InChI=1S/C21H20N2O2S/c24-21(19-11-14-5-1-2-6-18(14)26-19)23-15-8-9-16(23)13-17(12-15)25-20-7-3-4-10-22-20/h1-7,10-11,15-17H,8-9,12-13H2/t15-,16-/m0/s1. The van der Waals surface area contributed by atoms with Gasteiger partial charge in [0.25, 0.3) is 5.91 Å². The van der Waals surface area contributed by atoms with E-state index in [-0.39, 0.29) is 24.1 Å². The van der Waals surface area contributed by atoms with Gasteiger partial charge in [0.1, 0.15) is 6.10 Å². The Hall–Kier alpha value is -2.40. The van der Waals surface area contributed by atoms with Crippen LogP contribution in [0.2, 0.25) is 0 Å². The molecule has 0 aliphatic carbocycles. The lowest BCUT2D eigenvalue weighted by molar-refractivity contribution is 0.0352. The summed E-state index contributed by atoms with van der Waals surface area (Å²) < 4.78 is 7.25. The molecule has 2 aliphatic heterocycles. The fourth-order valence-corrected chi connectivity index (χ4v) is 5.36. The number of piperidine rings is 1. The smallest absolute Gasteiger partial charge is 0.264 e. The zero-order valence-electron chi connectivity index (χ0n) is 14.4. The van der Waals surface area contributed by atoms with E-state index in [1.807, 2.05) is 36.4 Å². The van der Waals surface area contributed by atoms with Crippen molar-refractivity contribution in [1.82, 2.24) is 9.88 Å². The maximum absolute atomic E-state index is 13.2. The minimum atomic E-state index is 0.147. The highest BCUT2D eigenvalue weighted by Crippen LogP contribution is 2.39. The molecule has 132 valence electrons. The van der Waals surface area contributed by atoms with Crippen LogP contribution in [0.4, 0.5) is 0 Å². The number of carbonyl (C=O) groups is 1. The number of nitrogens with zero attached hydrogens (tertiary/aromatic N) is 2. The molecule has 2 saturated heterocycles. The maximum Gasteiger partial charge on any atom is 0.264 e. The van der Waals surface area contributed by atoms with Gasteiger partial charge >= 0.3 is 0 Å². The molecule has 2 bridgehead atoms. The predicted molar refractivity (Wildman–Crippen MR) is 103 cm³/mol. The van der Waals surface area contributed by atoms with E-state index in [4.69, 9.17) is 4.74 Å². The third kappa shape index (κ3) is 2.76. The average molecular weight is 364 g/mol. The summed E-state index contributed by atoms with van der Waals surface area (Å²) in [6.45, 7) is 0. The van der Waals surface area contributed by atoms with Crippen molar-refractivity contribution in [3.8, 4) is 5.88 Å². The van der Waals surface area contributed by atoms with Gasteiger partial charge in [-0.1, -0.05) is 24.3 Å². The largest absolute Gasteiger partial charge is 0.474 e. The fourth-order valence-electron chi connectivity index (χ4n) is 4.36. The number of hydrogen-bond donors (Lipinski definition) is 0. The predicted octanol–water partition coefficient (Wildman–Crippen LogP) is 4.51. The van der Waals surface area contributed by atoms with Crippen LogP contribution >= 0.6 is 11.3 Å². The Morgan fingerprint density at radius 3 is 2.58 bits per heavy atom. The molecule has 2 aliphatic rings. The monoisotopic (exact) mass is 364 g/mol. The van der Waals surface area contributed by atoms with Gasteiger partial charge in [-0.3, -0.25) is 4.79 Å².